The molecule has 114 valence electrons. The Balaban J connectivity index is 1.98. The van der Waals surface area contributed by atoms with Crippen LogP contribution >= 0.6 is 0 Å². The fourth-order valence-electron chi connectivity index (χ4n) is 2.93. The van der Waals surface area contributed by atoms with Gasteiger partial charge in [0.2, 0.25) is 0 Å². The van der Waals surface area contributed by atoms with Crippen LogP contribution in [0, 0.1) is 11.8 Å². The summed E-state index contributed by atoms with van der Waals surface area (Å²) < 4.78 is 5.16. The zero-order chi connectivity index (χ0) is 15.2. The van der Waals surface area contributed by atoms with E-state index in [1.165, 1.54) is 7.11 Å². The van der Waals surface area contributed by atoms with Crippen LogP contribution < -0.4 is 10.1 Å². The summed E-state index contributed by atoms with van der Waals surface area (Å²) in [4.78, 5) is 23.5. The maximum Gasteiger partial charge on any atom is 0.306 e. The first-order valence-corrected chi connectivity index (χ1v) is 7.27. The van der Waals surface area contributed by atoms with E-state index in [-0.39, 0.29) is 17.7 Å². The molecule has 2 atom stereocenters. The van der Waals surface area contributed by atoms with Crippen LogP contribution in [-0.2, 0) is 4.79 Å². The van der Waals surface area contributed by atoms with Crippen LogP contribution in [0.4, 0.5) is 0 Å². The molecule has 1 amide bonds. The van der Waals surface area contributed by atoms with Gasteiger partial charge in [-0.2, -0.15) is 0 Å². The molecule has 21 heavy (non-hydrogen) atoms. The molecule has 2 unspecified atom stereocenters. The summed E-state index contributed by atoms with van der Waals surface area (Å²) in [5.74, 6) is -0.798. The molecule has 0 saturated heterocycles. The lowest BCUT2D eigenvalue weighted by Crippen LogP contribution is -2.37. The molecule has 1 fully saturated rings. The van der Waals surface area contributed by atoms with Gasteiger partial charge in [-0.3, -0.25) is 9.59 Å². The number of para-hydroxylation sites is 1. The van der Waals surface area contributed by atoms with Crippen LogP contribution in [0.2, 0.25) is 0 Å². The molecule has 1 aliphatic rings. The number of carbonyl (C=O) groups excluding carboxylic acids is 1. The summed E-state index contributed by atoms with van der Waals surface area (Å²) in [5.41, 5.74) is 0.475. The topological polar surface area (TPSA) is 75.6 Å². The summed E-state index contributed by atoms with van der Waals surface area (Å²) in [6.45, 7) is 0.397. The number of benzene rings is 1. The number of ether oxygens (including phenoxy) is 1. The lowest BCUT2D eigenvalue weighted by atomic mass is 9.79. The highest BCUT2D eigenvalue weighted by molar-refractivity contribution is 5.96. The molecule has 2 rings (SSSR count). The number of hydrogen-bond acceptors (Lipinski definition) is 3. The molecule has 5 nitrogen and oxygen atoms in total. The molecule has 0 bridgehead atoms. The highest BCUT2D eigenvalue weighted by Gasteiger charge is 2.31. The first-order chi connectivity index (χ1) is 10.1. The zero-order valence-corrected chi connectivity index (χ0v) is 12.2. The summed E-state index contributed by atoms with van der Waals surface area (Å²) >= 11 is 0. The Kier molecular flexibility index (Phi) is 5.20. The monoisotopic (exact) mass is 291 g/mol. The first kappa shape index (κ1) is 15.4. The number of rotatable bonds is 5. The van der Waals surface area contributed by atoms with E-state index in [1.54, 1.807) is 24.3 Å². The Bertz CT molecular complexity index is 515. The van der Waals surface area contributed by atoms with Crippen molar-refractivity contribution in [3.05, 3.63) is 29.8 Å². The van der Waals surface area contributed by atoms with Crippen molar-refractivity contribution in [1.29, 1.82) is 0 Å². The number of methoxy groups -OCH3 is 1. The Hall–Kier alpha value is -2.04. The van der Waals surface area contributed by atoms with E-state index in [4.69, 9.17) is 4.74 Å². The molecular weight excluding hydrogens is 270 g/mol. The van der Waals surface area contributed by atoms with Gasteiger partial charge >= 0.3 is 5.97 Å². The number of carboxylic acid groups (broad SMARTS) is 1. The minimum Gasteiger partial charge on any atom is -0.496 e. The summed E-state index contributed by atoms with van der Waals surface area (Å²) in [5, 5.41) is 12.1. The maximum atomic E-state index is 12.2. The normalized spacial score (nSPS) is 21.6. The lowest BCUT2D eigenvalue weighted by Gasteiger charge is -2.28. The van der Waals surface area contributed by atoms with Crippen molar-refractivity contribution in [3.63, 3.8) is 0 Å². The van der Waals surface area contributed by atoms with Gasteiger partial charge in [-0.25, -0.2) is 0 Å². The van der Waals surface area contributed by atoms with Crippen molar-refractivity contribution in [1.82, 2.24) is 5.32 Å². The second-order valence-corrected chi connectivity index (χ2v) is 5.40. The molecule has 1 aromatic rings. The Morgan fingerprint density at radius 3 is 2.71 bits per heavy atom. The highest BCUT2D eigenvalue weighted by atomic mass is 16.5. The summed E-state index contributed by atoms with van der Waals surface area (Å²) in [7, 11) is 1.52. The Labute approximate surface area is 124 Å². The molecule has 2 N–H and O–H groups in total. The fraction of sp³-hybridized carbons (Fsp3) is 0.500. The van der Waals surface area contributed by atoms with Gasteiger partial charge in [-0.05, 0) is 30.9 Å². The van der Waals surface area contributed by atoms with Crippen molar-refractivity contribution in [3.8, 4) is 5.75 Å². The number of carbonyl (C=O) groups is 2. The standard InChI is InChI=1S/C16H21NO4/c1-21-14-9-5-4-8-13(14)15(18)17-10-11-6-2-3-7-12(11)16(19)20/h4-5,8-9,11-12H,2-3,6-7,10H2,1H3,(H,17,18)(H,19,20). The third kappa shape index (κ3) is 3.74. The molecule has 1 saturated carbocycles. The number of hydrogen-bond donors (Lipinski definition) is 2. The van der Waals surface area contributed by atoms with E-state index in [9.17, 15) is 14.7 Å². The first-order valence-electron chi connectivity index (χ1n) is 7.27. The quantitative estimate of drug-likeness (QED) is 0.873. The van der Waals surface area contributed by atoms with Gasteiger partial charge in [0.15, 0.2) is 0 Å². The molecule has 5 heteroatoms. The second-order valence-electron chi connectivity index (χ2n) is 5.40. The second kappa shape index (κ2) is 7.11. The fourth-order valence-corrected chi connectivity index (χ4v) is 2.93. The van der Waals surface area contributed by atoms with Crippen LogP contribution in [0.1, 0.15) is 36.0 Å². The number of carboxylic acids is 1. The van der Waals surface area contributed by atoms with Crippen LogP contribution in [0.5, 0.6) is 5.75 Å². The SMILES string of the molecule is COc1ccccc1C(=O)NCC1CCCCC1C(=O)O. The van der Waals surface area contributed by atoms with Crippen molar-refractivity contribution in [2.45, 2.75) is 25.7 Å². The molecule has 0 heterocycles. The van der Waals surface area contributed by atoms with Gasteiger partial charge in [0.05, 0.1) is 18.6 Å². The van der Waals surface area contributed by atoms with Gasteiger partial charge in [0.25, 0.3) is 5.91 Å². The average molecular weight is 291 g/mol. The number of aliphatic carboxylic acids is 1. The summed E-state index contributed by atoms with van der Waals surface area (Å²) in [6.07, 6.45) is 3.53. The van der Waals surface area contributed by atoms with Crippen LogP contribution in [0.25, 0.3) is 0 Å². The third-order valence-corrected chi connectivity index (χ3v) is 4.10. The van der Waals surface area contributed by atoms with Crippen LogP contribution in [0.15, 0.2) is 24.3 Å². The van der Waals surface area contributed by atoms with Gasteiger partial charge in [-0.1, -0.05) is 25.0 Å². The number of nitrogens with one attached hydrogen (secondary N) is 1. The van der Waals surface area contributed by atoms with E-state index in [0.717, 1.165) is 19.3 Å². The Morgan fingerprint density at radius 1 is 1.29 bits per heavy atom. The van der Waals surface area contributed by atoms with E-state index < -0.39 is 5.97 Å². The van der Waals surface area contributed by atoms with Crippen molar-refractivity contribution < 1.29 is 19.4 Å². The van der Waals surface area contributed by atoms with Crippen molar-refractivity contribution in [2.75, 3.05) is 13.7 Å². The van der Waals surface area contributed by atoms with Gasteiger partial charge < -0.3 is 15.2 Å². The predicted molar refractivity (Wildman–Crippen MR) is 78.4 cm³/mol. The lowest BCUT2D eigenvalue weighted by molar-refractivity contribution is -0.144. The van der Waals surface area contributed by atoms with Crippen molar-refractivity contribution in [2.24, 2.45) is 11.8 Å². The predicted octanol–water partition coefficient (Wildman–Crippen LogP) is 2.32. The van der Waals surface area contributed by atoms with Crippen LogP contribution in [-0.4, -0.2) is 30.6 Å². The minimum absolute atomic E-state index is 0.00917. The molecule has 0 radical (unpaired) electrons. The highest BCUT2D eigenvalue weighted by Crippen LogP contribution is 2.30. The van der Waals surface area contributed by atoms with Gasteiger partial charge in [0, 0.05) is 6.54 Å². The zero-order valence-electron chi connectivity index (χ0n) is 12.2. The molecular formula is C16H21NO4. The van der Waals surface area contributed by atoms with Crippen LogP contribution in [0.3, 0.4) is 0 Å². The summed E-state index contributed by atoms with van der Waals surface area (Å²) in [6, 6.07) is 7.01. The van der Waals surface area contributed by atoms with E-state index >= 15 is 0 Å². The minimum atomic E-state index is -0.758. The molecule has 1 aliphatic carbocycles. The maximum absolute atomic E-state index is 12.2. The van der Waals surface area contributed by atoms with E-state index in [0.29, 0.717) is 24.3 Å². The molecule has 1 aromatic carbocycles. The third-order valence-electron chi connectivity index (χ3n) is 4.10. The smallest absolute Gasteiger partial charge is 0.306 e. The average Bonchev–Trinajstić information content (AvgIpc) is 2.52. The Morgan fingerprint density at radius 2 is 2.00 bits per heavy atom. The van der Waals surface area contributed by atoms with Gasteiger partial charge in [0.1, 0.15) is 5.75 Å². The number of amides is 1. The molecule has 0 aromatic heterocycles. The van der Waals surface area contributed by atoms with Crippen molar-refractivity contribution >= 4 is 11.9 Å². The van der Waals surface area contributed by atoms with Gasteiger partial charge in [-0.15, -0.1) is 0 Å². The largest absolute Gasteiger partial charge is 0.496 e. The van der Waals surface area contributed by atoms with E-state index in [2.05, 4.69) is 5.32 Å². The molecule has 0 spiro atoms. The van der Waals surface area contributed by atoms with E-state index in [1.807, 2.05) is 0 Å². The molecule has 0 aliphatic heterocycles.